The molecule has 0 N–H and O–H groups in total. The van der Waals surface area contributed by atoms with Crippen LogP contribution in [0.2, 0.25) is 0 Å². The Hall–Kier alpha value is -0.710. The van der Waals surface area contributed by atoms with Crippen LogP contribution in [0.15, 0.2) is 29.2 Å². The molecular formula is C11H14N3S. The van der Waals surface area contributed by atoms with Crippen LogP contribution in [0.1, 0.15) is 0 Å². The van der Waals surface area contributed by atoms with Gasteiger partial charge in [0.05, 0.1) is 11.6 Å². The molecule has 1 saturated heterocycles. The van der Waals surface area contributed by atoms with Crippen LogP contribution < -0.4 is 10.3 Å². The summed E-state index contributed by atoms with van der Waals surface area (Å²) in [6.07, 6.45) is 0. The minimum atomic E-state index is 0.976. The zero-order valence-corrected chi connectivity index (χ0v) is 9.41. The van der Waals surface area contributed by atoms with Crippen LogP contribution in [0, 0.1) is 0 Å². The van der Waals surface area contributed by atoms with Gasteiger partial charge in [-0.25, -0.2) is 10.3 Å². The molecule has 0 saturated carbocycles. The highest BCUT2D eigenvalue weighted by Crippen LogP contribution is 2.38. The summed E-state index contributed by atoms with van der Waals surface area (Å²) < 4.78 is 0. The van der Waals surface area contributed by atoms with E-state index in [9.17, 15) is 0 Å². The average Bonchev–Trinajstić information content (AvgIpc) is 2.74. The topological polar surface area (TPSA) is 20.6 Å². The third kappa shape index (κ3) is 1.73. The Labute approximate surface area is 94.4 Å². The molecule has 0 bridgehead atoms. The number of benzene rings is 1. The Morgan fingerprint density at radius 2 is 1.93 bits per heavy atom. The van der Waals surface area contributed by atoms with Gasteiger partial charge in [-0.2, -0.15) is 0 Å². The molecule has 0 atom stereocenters. The van der Waals surface area contributed by atoms with Crippen LogP contribution in [0.25, 0.3) is 0 Å². The van der Waals surface area contributed by atoms with Crippen molar-refractivity contribution in [1.29, 1.82) is 0 Å². The van der Waals surface area contributed by atoms with Gasteiger partial charge in [0, 0.05) is 31.1 Å². The quantitative estimate of drug-likeness (QED) is 0.713. The highest BCUT2D eigenvalue weighted by Gasteiger charge is 2.25. The van der Waals surface area contributed by atoms with E-state index in [0.717, 1.165) is 32.1 Å². The zero-order chi connectivity index (χ0) is 10.1. The van der Waals surface area contributed by atoms with E-state index in [2.05, 4.69) is 39.6 Å². The van der Waals surface area contributed by atoms with Crippen LogP contribution in [0.3, 0.4) is 0 Å². The summed E-state index contributed by atoms with van der Waals surface area (Å²) >= 11 is 1.92. The van der Waals surface area contributed by atoms with Crippen LogP contribution in [0.5, 0.6) is 0 Å². The number of para-hydroxylation sites is 1. The Kier molecular flexibility index (Phi) is 2.56. The van der Waals surface area contributed by atoms with Gasteiger partial charge in [0.2, 0.25) is 0 Å². The molecule has 3 rings (SSSR count). The van der Waals surface area contributed by atoms with Gasteiger partial charge in [-0.1, -0.05) is 12.1 Å². The lowest BCUT2D eigenvalue weighted by Gasteiger charge is -2.35. The van der Waals surface area contributed by atoms with E-state index < -0.39 is 0 Å². The van der Waals surface area contributed by atoms with E-state index in [1.807, 2.05) is 11.8 Å². The van der Waals surface area contributed by atoms with E-state index in [-0.39, 0.29) is 0 Å². The summed E-state index contributed by atoms with van der Waals surface area (Å²) in [5.41, 5.74) is 1.37. The fourth-order valence-corrected chi connectivity index (χ4v) is 3.12. The largest absolute Gasteiger partial charge is 0.294 e. The fourth-order valence-electron chi connectivity index (χ4n) is 2.06. The van der Waals surface area contributed by atoms with Gasteiger partial charge in [-0.3, -0.25) is 5.01 Å². The molecule has 1 fully saturated rings. The smallest absolute Gasteiger partial charge is 0.0849 e. The van der Waals surface area contributed by atoms with E-state index in [0.29, 0.717) is 0 Å². The number of hydrogen-bond acceptors (Lipinski definition) is 3. The van der Waals surface area contributed by atoms with E-state index >= 15 is 0 Å². The highest BCUT2D eigenvalue weighted by atomic mass is 32.2. The Bertz CT molecular complexity index is 349. The van der Waals surface area contributed by atoms with Crippen molar-refractivity contribution < 1.29 is 0 Å². The van der Waals surface area contributed by atoms with Crippen molar-refractivity contribution in [3.63, 3.8) is 0 Å². The molecule has 0 aliphatic carbocycles. The molecule has 2 aliphatic rings. The minimum absolute atomic E-state index is 0.976. The molecule has 1 aromatic rings. The predicted molar refractivity (Wildman–Crippen MR) is 63.1 cm³/mol. The summed E-state index contributed by atoms with van der Waals surface area (Å²) in [5, 5.41) is 9.20. The average molecular weight is 220 g/mol. The number of nitrogens with zero attached hydrogens (tertiary/aromatic N) is 3. The first-order valence-electron chi connectivity index (χ1n) is 5.32. The lowest BCUT2D eigenvalue weighted by Crippen LogP contribution is -2.49. The second kappa shape index (κ2) is 4.04. The van der Waals surface area contributed by atoms with Crippen molar-refractivity contribution in [2.45, 2.75) is 4.90 Å². The van der Waals surface area contributed by atoms with Crippen LogP contribution in [-0.4, -0.2) is 37.1 Å². The number of hydrazine groups is 1. The van der Waals surface area contributed by atoms with Gasteiger partial charge in [0.1, 0.15) is 0 Å². The van der Waals surface area contributed by atoms with Crippen LogP contribution in [0.4, 0.5) is 5.69 Å². The van der Waals surface area contributed by atoms with E-state index in [4.69, 9.17) is 0 Å². The molecule has 0 amide bonds. The Balaban J connectivity index is 1.83. The van der Waals surface area contributed by atoms with E-state index in [1.165, 1.54) is 10.6 Å². The number of fused-ring (bicyclic) bond motifs is 1. The molecule has 2 heterocycles. The molecule has 2 aliphatic heterocycles. The van der Waals surface area contributed by atoms with Gasteiger partial charge >= 0.3 is 0 Å². The second-order valence-electron chi connectivity index (χ2n) is 3.77. The summed E-state index contributed by atoms with van der Waals surface area (Å²) in [6.45, 7) is 4.08. The normalized spacial score (nSPS) is 21.7. The molecule has 0 unspecified atom stereocenters. The molecular weight excluding hydrogens is 206 g/mol. The van der Waals surface area contributed by atoms with Crippen molar-refractivity contribution in [2.75, 3.05) is 37.1 Å². The van der Waals surface area contributed by atoms with Crippen molar-refractivity contribution in [3.8, 4) is 0 Å². The maximum atomic E-state index is 4.38. The number of piperazine rings is 1. The Morgan fingerprint density at radius 3 is 2.80 bits per heavy atom. The first-order valence-corrected chi connectivity index (χ1v) is 6.31. The van der Waals surface area contributed by atoms with Gasteiger partial charge in [0.15, 0.2) is 0 Å². The van der Waals surface area contributed by atoms with Crippen molar-refractivity contribution in [2.24, 2.45) is 0 Å². The summed E-state index contributed by atoms with van der Waals surface area (Å²) in [6, 6.07) is 8.64. The standard InChI is InChI=1S/C11H14N3S/c1-2-4-11-10(3-1)14(9-15-11)13-7-5-12-6-8-13/h1-4H,5-9H2. The van der Waals surface area contributed by atoms with Gasteiger partial charge in [-0.05, 0) is 12.1 Å². The van der Waals surface area contributed by atoms with Crippen LogP contribution >= 0.6 is 11.8 Å². The maximum absolute atomic E-state index is 4.38. The van der Waals surface area contributed by atoms with Crippen molar-refractivity contribution >= 4 is 17.4 Å². The molecule has 0 aromatic heterocycles. The lowest BCUT2D eigenvalue weighted by molar-refractivity contribution is 0.228. The number of hydrogen-bond donors (Lipinski definition) is 0. The Morgan fingerprint density at radius 1 is 1.13 bits per heavy atom. The molecule has 0 spiro atoms. The molecule has 3 nitrogen and oxygen atoms in total. The summed E-state index contributed by atoms with van der Waals surface area (Å²) in [7, 11) is 0. The lowest BCUT2D eigenvalue weighted by atomic mass is 10.3. The minimum Gasteiger partial charge on any atom is -0.294 e. The maximum Gasteiger partial charge on any atom is 0.0849 e. The summed E-state index contributed by atoms with van der Waals surface area (Å²) in [5.74, 6) is 1.05. The molecule has 4 heteroatoms. The van der Waals surface area contributed by atoms with E-state index in [1.54, 1.807) is 0 Å². The monoisotopic (exact) mass is 220 g/mol. The molecule has 15 heavy (non-hydrogen) atoms. The summed E-state index contributed by atoms with van der Waals surface area (Å²) in [4.78, 5) is 1.40. The zero-order valence-electron chi connectivity index (χ0n) is 8.59. The number of anilines is 1. The number of thioether (sulfide) groups is 1. The van der Waals surface area contributed by atoms with Gasteiger partial charge in [-0.15, -0.1) is 11.8 Å². The third-order valence-corrected chi connectivity index (χ3v) is 3.89. The first kappa shape index (κ1) is 9.51. The van der Waals surface area contributed by atoms with Crippen LogP contribution in [-0.2, 0) is 0 Å². The van der Waals surface area contributed by atoms with Gasteiger partial charge in [0.25, 0.3) is 0 Å². The SMILES string of the molecule is c1ccc2c(c1)SCN2N1CC[N]CC1. The third-order valence-electron chi connectivity index (χ3n) is 2.86. The first-order chi connectivity index (χ1) is 7.45. The second-order valence-corrected chi connectivity index (χ2v) is 4.75. The predicted octanol–water partition coefficient (Wildman–Crippen LogP) is 1.39. The van der Waals surface area contributed by atoms with Gasteiger partial charge < -0.3 is 0 Å². The molecule has 1 radical (unpaired) electrons. The molecule has 1 aromatic carbocycles. The van der Waals surface area contributed by atoms with Crippen molar-refractivity contribution in [3.05, 3.63) is 24.3 Å². The van der Waals surface area contributed by atoms with Crippen molar-refractivity contribution in [1.82, 2.24) is 10.3 Å². The molecule has 79 valence electrons. The number of rotatable bonds is 1. The highest BCUT2D eigenvalue weighted by molar-refractivity contribution is 7.99. The fraction of sp³-hybridized carbons (Fsp3) is 0.455.